The molecule has 2 fully saturated rings. The molecular formula is C36H37N9O3. The maximum Gasteiger partial charge on any atom is 0.270 e. The van der Waals surface area contributed by atoms with E-state index in [1.165, 1.54) is 4.68 Å². The molecule has 2 N–H and O–H groups in total. The molecule has 2 bridgehead atoms. The van der Waals surface area contributed by atoms with Gasteiger partial charge in [-0.15, -0.1) is 0 Å². The van der Waals surface area contributed by atoms with Gasteiger partial charge < -0.3 is 20.3 Å². The summed E-state index contributed by atoms with van der Waals surface area (Å²) in [6, 6.07) is 17.2. The van der Waals surface area contributed by atoms with Crippen molar-refractivity contribution in [2.24, 2.45) is 14.1 Å². The number of benzene rings is 2. The molecule has 0 saturated carbocycles. The van der Waals surface area contributed by atoms with E-state index >= 15 is 0 Å². The van der Waals surface area contributed by atoms with Gasteiger partial charge in [-0.05, 0) is 67.1 Å². The van der Waals surface area contributed by atoms with Gasteiger partial charge in [-0.25, -0.2) is 9.97 Å². The number of aryl methyl sites for hydroxylation is 4. The molecule has 244 valence electrons. The number of amides is 2. The minimum absolute atomic E-state index is 0.249. The molecule has 2 saturated heterocycles. The number of aromatic nitrogens is 6. The number of morpholine rings is 1. The van der Waals surface area contributed by atoms with Gasteiger partial charge in [-0.1, -0.05) is 24.3 Å². The Hall–Kier alpha value is -5.36. The summed E-state index contributed by atoms with van der Waals surface area (Å²) in [5, 5.41) is 14.6. The molecule has 5 aromatic rings. The van der Waals surface area contributed by atoms with E-state index in [1.807, 2.05) is 55.2 Å². The summed E-state index contributed by atoms with van der Waals surface area (Å²) in [6.45, 7) is 3.59. The third kappa shape index (κ3) is 5.41. The first kappa shape index (κ1) is 30.0. The highest BCUT2D eigenvalue weighted by atomic mass is 16.5. The molecule has 1 aliphatic carbocycles. The van der Waals surface area contributed by atoms with Crippen LogP contribution >= 0.6 is 0 Å². The summed E-state index contributed by atoms with van der Waals surface area (Å²) in [5.74, 6) is 0.0133. The van der Waals surface area contributed by atoms with E-state index in [0.717, 1.165) is 71.0 Å². The zero-order valence-electron chi connectivity index (χ0n) is 27.1. The molecule has 4 atom stereocenters. The van der Waals surface area contributed by atoms with Gasteiger partial charge >= 0.3 is 0 Å². The van der Waals surface area contributed by atoms with E-state index in [2.05, 4.69) is 53.9 Å². The van der Waals surface area contributed by atoms with Crippen LogP contribution in [0.2, 0.25) is 0 Å². The Morgan fingerprint density at radius 2 is 1.81 bits per heavy atom. The van der Waals surface area contributed by atoms with E-state index in [1.54, 1.807) is 25.6 Å². The fraction of sp³-hybridized carbons (Fsp3) is 0.333. The summed E-state index contributed by atoms with van der Waals surface area (Å²) in [5.41, 5.74) is 8.08. The lowest BCUT2D eigenvalue weighted by molar-refractivity contribution is -0.118. The number of carbonyl (C=O) groups is 2. The van der Waals surface area contributed by atoms with Crippen LogP contribution in [0.15, 0.2) is 73.3 Å². The summed E-state index contributed by atoms with van der Waals surface area (Å²) in [6.07, 6.45) is 7.84. The van der Waals surface area contributed by atoms with Gasteiger partial charge in [0.25, 0.3) is 5.91 Å². The molecule has 2 aliphatic heterocycles. The molecule has 8 rings (SSSR count). The number of hydrogen-bond donors (Lipinski definition) is 2. The van der Waals surface area contributed by atoms with Crippen LogP contribution in [0.3, 0.4) is 0 Å². The van der Waals surface area contributed by atoms with Crippen LogP contribution < -0.4 is 15.5 Å². The fourth-order valence-corrected chi connectivity index (χ4v) is 7.54. The Labute approximate surface area is 278 Å². The number of rotatable bonds is 8. The average molecular weight is 644 g/mol. The molecule has 0 radical (unpaired) electrons. The maximum absolute atomic E-state index is 14.1. The zero-order valence-corrected chi connectivity index (χ0v) is 27.1. The van der Waals surface area contributed by atoms with Crippen molar-refractivity contribution in [2.45, 2.75) is 50.3 Å². The van der Waals surface area contributed by atoms with Crippen LogP contribution in [0, 0.1) is 6.92 Å². The monoisotopic (exact) mass is 643 g/mol. The molecule has 3 aliphatic rings. The topological polar surface area (TPSA) is 132 Å². The van der Waals surface area contributed by atoms with Crippen molar-refractivity contribution >= 4 is 23.3 Å². The Morgan fingerprint density at radius 1 is 0.979 bits per heavy atom. The second-order valence-electron chi connectivity index (χ2n) is 13.0. The Bertz CT molecular complexity index is 2000. The van der Waals surface area contributed by atoms with Crippen molar-refractivity contribution in [1.29, 1.82) is 0 Å². The number of nitrogens with one attached hydrogen (secondary N) is 2. The summed E-state index contributed by atoms with van der Waals surface area (Å²) in [7, 11) is 3.62. The van der Waals surface area contributed by atoms with Crippen molar-refractivity contribution in [3.8, 4) is 22.5 Å². The highest BCUT2D eigenvalue weighted by molar-refractivity contribution is 6.01. The molecule has 48 heavy (non-hydrogen) atoms. The lowest BCUT2D eigenvalue weighted by Gasteiger charge is -2.28. The first-order valence-electron chi connectivity index (χ1n) is 16.3. The van der Waals surface area contributed by atoms with E-state index < -0.39 is 6.04 Å². The van der Waals surface area contributed by atoms with Crippen LogP contribution in [0.25, 0.3) is 22.5 Å². The fourth-order valence-electron chi connectivity index (χ4n) is 7.54. The summed E-state index contributed by atoms with van der Waals surface area (Å²) < 4.78 is 9.14. The van der Waals surface area contributed by atoms with Crippen molar-refractivity contribution in [2.75, 3.05) is 23.4 Å². The molecule has 5 heterocycles. The Balaban J connectivity index is 1.08. The lowest BCUT2D eigenvalue weighted by Crippen LogP contribution is -2.47. The van der Waals surface area contributed by atoms with Crippen molar-refractivity contribution in [1.82, 2.24) is 34.8 Å². The van der Waals surface area contributed by atoms with Gasteiger partial charge in [0.1, 0.15) is 23.9 Å². The van der Waals surface area contributed by atoms with Crippen LogP contribution in [0.4, 0.5) is 11.5 Å². The van der Waals surface area contributed by atoms with Gasteiger partial charge in [-0.2, -0.15) is 10.2 Å². The highest BCUT2D eigenvalue weighted by Crippen LogP contribution is 2.39. The van der Waals surface area contributed by atoms with Crippen LogP contribution in [-0.4, -0.2) is 72.7 Å². The molecule has 2 amide bonds. The first-order valence-corrected chi connectivity index (χ1v) is 16.3. The number of anilines is 2. The Kier molecular flexibility index (Phi) is 7.51. The number of fused-ring (bicyclic) bond motifs is 3. The van der Waals surface area contributed by atoms with Crippen molar-refractivity contribution < 1.29 is 14.3 Å². The van der Waals surface area contributed by atoms with Crippen molar-refractivity contribution in [3.05, 3.63) is 95.7 Å². The molecule has 3 aromatic heterocycles. The van der Waals surface area contributed by atoms with Gasteiger partial charge in [0.2, 0.25) is 5.91 Å². The third-order valence-electron chi connectivity index (χ3n) is 9.99. The average Bonchev–Trinajstić information content (AvgIpc) is 3.95. The van der Waals surface area contributed by atoms with Gasteiger partial charge in [0.15, 0.2) is 0 Å². The van der Waals surface area contributed by atoms with Gasteiger partial charge in [-0.3, -0.25) is 19.0 Å². The standard InChI is InChI=1S/C36H37N9O3/c1-21-17-40-44(3)34(21)23-6-9-25(10-7-23)41-36(47)33(42-35(46)31-12-13-39-43(31)2)28-11-8-22-4-5-24(14-29(22)28)30-16-32(38-20-37-30)45-18-27-15-26(45)19-48-27/h4-7,9-10,12-14,16-17,20,26-28,33H,8,11,15,18-19H2,1-3H3,(H,41,47)(H,42,46)/t26-,27-,28+,33?/m0/s1. The highest BCUT2D eigenvalue weighted by Gasteiger charge is 2.40. The smallest absolute Gasteiger partial charge is 0.270 e. The predicted molar refractivity (Wildman–Crippen MR) is 180 cm³/mol. The summed E-state index contributed by atoms with van der Waals surface area (Å²) in [4.78, 5) is 39.2. The summed E-state index contributed by atoms with van der Waals surface area (Å²) >= 11 is 0. The molecule has 12 nitrogen and oxygen atoms in total. The first-order chi connectivity index (χ1) is 23.3. The van der Waals surface area contributed by atoms with E-state index in [4.69, 9.17) is 4.74 Å². The number of carbonyl (C=O) groups excluding carboxylic acids is 2. The minimum Gasteiger partial charge on any atom is -0.374 e. The molecule has 2 aromatic carbocycles. The largest absolute Gasteiger partial charge is 0.374 e. The second-order valence-corrected chi connectivity index (χ2v) is 13.0. The quantitative estimate of drug-likeness (QED) is 0.259. The second kappa shape index (κ2) is 12.0. The number of nitrogens with zero attached hydrogens (tertiary/aromatic N) is 7. The lowest BCUT2D eigenvalue weighted by atomic mass is 9.90. The Morgan fingerprint density at radius 3 is 2.52 bits per heavy atom. The molecular weight excluding hydrogens is 606 g/mol. The molecule has 1 unspecified atom stereocenters. The maximum atomic E-state index is 14.1. The van der Waals surface area contributed by atoms with E-state index in [0.29, 0.717) is 23.8 Å². The molecule has 12 heteroatoms. The zero-order chi connectivity index (χ0) is 32.9. The van der Waals surface area contributed by atoms with Crippen LogP contribution in [0.5, 0.6) is 0 Å². The van der Waals surface area contributed by atoms with Crippen LogP contribution in [0.1, 0.15) is 45.9 Å². The normalized spacial score (nSPS) is 20.1. The van der Waals surface area contributed by atoms with Gasteiger partial charge in [0.05, 0.1) is 36.3 Å². The minimum atomic E-state index is -0.830. The van der Waals surface area contributed by atoms with E-state index in [9.17, 15) is 9.59 Å². The number of hydrogen-bond acceptors (Lipinski definition) is 8. The number of ether oxygens (including phenoxy) is 1. The SMILES string of the molecule is Cc1cnn(C)c1-c1ccc(NC(=O)C(NC(=O)c2ccnn2C)[C@@H]2CCc3ccc(-c4cc(N5C[C@@H]6C[C@H]5CO6)ncn4)cc32)cc1. The molecule has 0 spiro atoms. The third-order valence-corrected chi connectivity index (χ3v) is 9.99. The predicted octanol–water partition coefficient (Wildman–Crippen LogP) is 4.03. The van der Waals surface area contributed by atoms with Gasteiger partial charge in [0, 0.05) is 55.6 Å². The van der Waals surface area contributed by atoms with Crippen molar-refractivity contribution in [3.63, 3.8) is 0 Å². The van der Waals surface area contributed by atoms with E-state index in [-0.39, 0.29) is 23.8 Å². The van der Waals surface area contributed by atoms with Crippen LogP contribution in [-0.2, 0) is 30.0 Å².